The average Bonchev–Trinajstić information content (AvgIpc) is 2.32. The minimum absolute atomic E-state index is 0.0953. The molecule has 0 saturated carbocycles. The Morgan fingerprint density at radius 2 is 2.06 bits per heavy atom. The number of aromatic nitrogens is 2. The summed E-state index contributed by atoms with van der Waals surface area (Å²) in [6.07, 6.45) is 1.05. The van der Waals surface area contributed by atoms with Crippen molar-refractivity contribution in [1.29, 1.82) is 0 Å². The zero-order chi connectivity index (χ0) is 13.7. The van der Waals surface area contributed by atoms with Crippen molar-refractivity contribution in [2.45, 2.75) is 33.2 Å². The van der Waals surface area contributed by atoms with Gasteiger partial charge in [0, 0.05) is 6.54 Å². The summed E-state index contributed by atoms with van der Waals surface area (Å²) in [4.78, 5) is 36.4. The predicted octanol–water partition coefficient (Wildman–Crippen LogP) is -0.669. The number of hydrogen-bond acceptors (Lipinski definition) is 4. The molecule has 0 bridgehead atoms. The van der Waals surface area contributed by atoms with Crippen LogP contribution in [0.2, 0.25) is 0 Å². The molecule has 0 atom stereocenters. The van der Waals surface area contributed by atoms with Crippen LogP contribution in [-0.4, -0.2) is 27.1 Å². The summed E-state index contributed by atoms with van der Waals surface area (Å²) < 4.78 is 0.852. The van der Waals surface area contributed by atoms with E-state index in [0.717, 1.165) is 11.0 Å². The first-order valence-electron chi connectivity index (χ1n) is 5.82. The van der Waals surface area contributed by atoms with Gasteiger partial charge in [0.1, 0.15) is 6.54 Å². The number of rotatable bonds is 5. The summed E-state index contributed by atoms with van der Waals surface area (Å²) in [6, 6.07) is 0. The fourth-order valence-electron chi connectivity index (χ4n) is 1.53. The van der Waals surface area contributed by atoms with Crippen LogP contribution in [0, 0.1) is 0 Å². The van der Waals surface area contributed by atoms with Gasteiger partial charge in [0.2, 0.25) is 11.8 Å². The fraction of sp³-hybridized carbons (Fsp3) is 0.545. The van der Waals surface area contributed by atoms with Crippen molar-refractivity contribution in [3.05, 3.63) is 26.4 Å². The van der Waals surface area contributed by atoms with Gasteiger partial charge in [0.05, 0.1) is 5.56 Å². The molecule has 0 unspecified atom stereocenters. The monoisotopic (exact) mass is 255 g/mol. The highest BCUT2D eigenvalue weighted by molar-refractivity contribution is 5.75. The van der Waals surface area contributed by atoms with Crippen molar-refractivity contribution >= 4 is 5.91 Å². The molecule has 0 aliphatic rings. The molecule has 0 aliphatic carbocycles. The van der Waals surface area contributed by atoms with E-state index in [0.29, 0.717) is 6.54 Å². The zero-order valence-corrected chi connectivity index (χ0v) is 10.4. The van der Waals surface area contributed by atoms with Crippen LogP contribution in [0.15, 0.2) is 9.59 Å². The minimum atomic E-state index is -0.790. The van der Waals surface area contributed by atoms with E-state index in [4.69, 9.17) is 0 Å². The number of nitrogens with one attached hydrogen (secondary N) is 2. The van der Waals surface area contributed by atoms with Crippen LogP contribution in [0.4, 0.5) is 0 Å². The highest BCUT2D eigenvalue weighted by Crippen LogP contribution is 2.09. The molecule has 3 N–H and O–H groups in total. The molecule has 0 radical (unpaired) electrons. The standard InChI is InChI=1S/C11H17N3O4/c1-3-5-12-8(15)6-14-10(17)7(4-2)9(16)13-11(14)18/h17H,3-6H2,1-2H3,(H,12,15)(H,13,16,18). The Hall–Kier alpha value is -2.05. The molecule has 0 saturated heterocycles. The second-order valence-corrected chi connectivity index (χ2v) is 3.85. The van der Waals surface area contributed by atoms with Crippen molar-refractivity contribution in [2.75, 3.05) is 6.54 Å². The van der Waals surface area contributed by atoms with Gasteiger partial charge in [-0.2, -0.15) is 0 Å². The Kier molecular flexibility index (Phi) is 4.70. The molecule has 7 nitrogen and oxygen atoms in total. The fourth-order valence-corrected chi connectivity index (χ4v) is 1.53. The molecule has 1 amide bonds. The number of amides is 1. The quantitative estimate of drug-likeness (QED) is 0.649. The van der Waals surface area contributed by atoms with Crippen LogP contribution in [0.5, 0.6) is 5.88 Å². The smallest absolute Gasteiger partial charge is 0.331 e. The number of H-pyrrole nitrogens is 1. The van der Waals surface area contributed by atoms with Gasteiger partial charge in [-0.05, 0) is 12.8 Å². The van der Waals surface area contributed by atoms with Gasteiger partial charge < -0.3 is 10.4 Å². The van der Waals surface area contributed by atoms with Gasteiger partial charge in [0.25, 0.3) is 5.56 Å². The second kappa shape index (κ2) is 6.04. The van der Waals surface area contributed by atoms with E-state index >= 15 is 0 Å². The largest absolute Gasteiger partial charge is 0.494 e. The Morgan fingerprint density at radius 3 is 2.61 bits per heavy atom. The molecule has 1 heterocycles. The van der Waals surface area contributed by atoms with Crippen LogP contribution in [0.1, 0.15) is 25.8 Å². The summed E-state index contributed by atoms with van der Waals surface area (Å²) in [6.45, 7) is 3.77. The number of carbonyl (C=O) groups excluding carboxylic acids is 1. The molecule has 1 aromatic rings. The minimum Gasteiger partial charge on any atom is -0.494 e. The average molecular weight is 255 g/mol. The Labute approximate surface area is 103 Å². The molecular formula is C11H17N3O4. The predicted molar refractivity (Wildman–Crippen MR) is 65.7 cm³/mol. The molecule has 18 heavy (non-hydrogen) atoms. The van der Waals surface area contributed by atoms with E-state index < -0.39 is 17.1 Å². The molecule has 1 rings (SSSR count). The van der Waals surface area contributed by atoms with Gasteiger partial charge in [-0.3, -0.25) is 19.1 Å². The van der Waals surface area contributed by atoms with Crippen LogP contribution in [-0.2, 0) is 17.8 Å². The molecule has 0 aromatic carbocycles. The first kappa shape index (κ1) is 14.0. The van der Waals surface area contributed by atoms with Crippen LogP contribution < -0.4 is 16.6 Å². The Morgan fingerprint density at radius 1 is 1.39 bits per heavy atom. The van der Waals surface area contributed by atoms with Gasteiger partial charge in [-0.1, -0.05) is 13.8 Å². The van der Waals surface area contributed by atoms with E-state index in [2.05, 4.69) is 10.3 Å². The zero-order valence-electron chi connectivity index (χ0n) is 10.4. The van der Waals surface area contributed by atoms with E-state index in [1.807, 2.05) is 6.92 Å². The third kappa shape index (κ3) is 2.99. The third-order valence-electron chi connectivity index (χ3n) is 2.49. The number of hydrogen-bond donors (Lipinski definition) is 3. The number of carbonyl (C=O) groups is 1. The summed E-state index contributed by atoms with van der Waals surface area (Å²) >= 11 is 0. The van der Waals surface area contributed by atoms with Crippen LogP contribution in [0.3, 0.4) is 0 Å². The number of aromatic amines is 1. The first-order valence-corrected chi connectivity index (χ1v) is 5.82. The molecule has 7 heteroatoms. The van der Waals surface area contributed by atoms with E-state index in [1.54, 1.807) is 6.92 Å². The van der Waals surface area contributed by atoms with Crippen molar-refractivity contribution < 1.29 is 9.90 Å². The molecule has 0 spiro atoms. The topological polar surface area (TPSA) is 104 Å². The summed E-state index contributed by atoms with van der Waals surface area (Å²) in [7, 11) is 0. The highest BCUT2D eigenvalue weighted by Gasteiger charge is 2.14. The van der Waals surface area contributed by atoms with Crippen molar-refractivity contribution in [3.8, 4) is 5.88 Å². The Bertz CT molecular complexity index is 544. The van der Waals surface area contributed by atoms with Crippen molar-refractivity contribution in [2.24, 2.45) is 0 Å². The Balaban J connectivity index is 3.06. The maximum absolute atomic E-state index is 11.5. The molecule has 0 fully saturated rings. The third-order valence-corrected chi connectivity index (χ3v) is 2.49. The van der Waals surface area contributed by atoms with Crippen molar-refractivity contribution in [1.82, 2.24) is 14.9 Å². The highest BCUT2D eigenvalue weighted by atomic mass is 16.3. The van der Waals surface area contributed by atoms with Gasteiger partial charge in [0.15, 0.2) is 0 Å². The number of aromatic hydroxyl groups is 1. The van der Waals surface area contributed by atoms with E-state index in [9.17, 15) is 19.5 Å². The lowest BCUT2D eigenvalue weighted by Crippen LogP contribution is -2.37. The van der Waals surface area contributed by atoms with E-state index in [-0.39, 0.29) is 24.4 Å². The lowest BCUT2D eigenvalue weighted by molar-refractivity contribution is -0.121. The molecule has 100 valence electrons. The summed E-state index contributed by atoms with van der Waals surface area (Å²) in [5.74, 6) is -0.832. The van der Waals surface area contributed by atoms with Crippen molar-refractivity contribution in [3.63, 3.8) is 0 Å². The number of nitrogens with zero attached hydrogens (tertiary/aromatic N) is 1. The van der Waals surface area contributed by atoms with Gasteiger partial charge >= 0.3 is 5.69 Å². The summed E-state index contributed by atoms with van der Waals surface area (Å²) in [5.41, 5.74) is -1.32. The normalized spacial score (nSPS) is 10.3. The van der Waals surface area contributed by atoms with E-state index in [1.165, 1.54) is 0 Å². The lowest BCUT2D eigenvalue weighted by Gasteiger charge is -2.10. The molecular weight excluding hydrogens is 238 g/mol. The first-order chi connectivity index (χ1) is 8.51. The maximum Gasteiger partial charge on any atom is 0.331 e. The lowest BCUT2D eigenvalue weighted by atomic mass is 10.2. The molecule has 1 aromatic heterocycles. The van der Waals surface area contributed by atoms with Gasteiger partial charge in [-0.15, -0.1) is 0 Å². The summed E-state index contributed by atoms with van der Waals surface area (Å²) in [5, 5.41) is 12.4. The van der Waals surface area contributed by atoms with Gasteiger partial charge in [-0.25, -0.2) is 4.79 Å². The maximum atomic E-state index is 11.5. The second-order valence-electron chi connectivity index (χ2n) is 3.85. The molecule has 0 aliphatic heterocycles. The van der Waals surface area contributed by atoms with Crippen LogP contribution in [0.25, 0.3) is 0 Å². The van der Waals surface area contributed by atoms with Crippen LogP contribution >= 0.6 is 0 Å². The SMILES string of the molecule is CCCNC(=O)Cn1c(O)c(CC)c(=O)[nH]c1=O.